The Hall–Kier alpha value is -1.69. The van der Waals surface area contributed by atoms with E-state index in [1.165, 1.54) is 0 Å². The normalized spacial score (nSPS) is 11.2. The van der Waals surface area contributed by atoms with Gasteiger partial charge in [-0.1, -0.05) is 32.4 Å². The van der Waals surface area contributed by atoms with Crippen molar-refractivity contribution in [3.8, 4) is 0 Å². The zero-order chi connectivity index (χ0) is 14.6. The number of hydrogen-bond acceptors (Lipinski definition) is 4. The maximum Gasteiger partial charge on any atom is 0.288 e. The van der Waals surface area contributed by atoms with Crippen LogP contribution in [0, 0.1) is 15.5 Å². The maximum atomic E-state index is 11.9. The summed E-state index contributed by atoms with van der Waals surface area (Å²) in [6.45, 7) is 6.51. The van der Waals surface area contributed by atoms with Crippen molar-refractivity contribution >= 4 is 23.2 Å². The minimum atomic E-state index is -0.615. The summed E-state index contributed by atoms with van der Waals surface area (Å²) in [5.41, 5.74) is -0.289. The number of hydrogen-bond donors (Lipinski definition) is 1. The average Bonchev–Trinajstić information content (AvgIpc) is 2.36. The minimum Gasteiger partial charge on any atom is -0.351 e. The van der Waals surface area contributed by atoms with Gasteiger partial charge in [-0.05, 0) is 11.8 Å². The number of amides is 1. The lowest BCUT2D eigenvalue weighted by atomic mass is 9.90. The topological polar surface area (TPSA) is 85.1 Å². The summed E-state index contributed by atoms with van der Waals surface area (Å²) in [6.07, 6.45) is 1.92. The lowest BCUT2D eigenvalue weighted by molar-refractivity contribution is -0.385. The van der Waals surface area contributed by atoms with Gasteiger partial charge in [0.15, 0.2) is 0 Å². The minimum absolute atomic E-state index is 0.0165. The molecule has 1 aromatic rings. The molecule has 0 atom stereocenters. The van der Waals surface area contributed by atoms with Crippen molar-refractivity contribution in [2.45, 2.75) is 27.2 Å². The van der Waals surface area contributed by atoms with Crippen LogP contribution in [0.15, 0.2) is 12.3 Å². The van der Waals surface area contributed by atoms with Crippen molar-refractivity contribution in [1.82, 2.24) is 10.3 Å². The van der Waals surface area contributed by atoms with Gasteiger partial charge in [-0.15, -0.1) is 0 Å². The van der Waals surface area contributed by atoms with E-state index in [2.05, 4.69) is 10.3 Å². The van der Waals surface area contributed by atoms with Crippen molar-refractivity contribution in [2.24, 2.45) is 5.41 Å². The molecule has 0 spiro atoms. The van der Waals surface area contributed by atoms with Crippen LogP contribution in [0.25, 0.3) is 0 Å². The summed E-state index contributed by atoms with van der Waals surface area (Å²) < 4.78 is 0. The number of carbonyl (C=O) groups excluding carboxylic acids is 1. The van der Waals surface area contributed by atoms with Gasteiger partial charge in [0, 0.05) is 12.6 Å². The molecule has 0 bridgehead atoms. The summed E-state index contributed by atoms with van der Waals surface area (Å²) in [7, 11) is 0. The fraction of sp³-hybridized carbons (Fsp3) is 0.500. The molecule has 0 aliphatic rings. The number of pyridine rings is 1. The van der Waals surface area contributed by atoms with E-state index in [0.29, 0.717) is 6.54 Å². The van der Waals surface area contributed by atoms with Gasteiger partial charge in [-0.3, -0.25) is 14.9 Å². The molecule has 0 aliphatic heterocycles. The summed E-state index contributed by atoms with van der Waals surface area (Å²) >= 11 is 5.79. The first kappa shape index (κ1) is 15.4. The zero-order valence-electron chi connectivity index (χ0n) is 11.1. The number of halogens is 1. The highest BCUT2D eigenvalue weighted by atomic mass is 35.5. The molecule has 19 heavy (non-hydrogen) atoms. The maximum absolute atomic E-state index is 11.9. The van der Waals surface area contributed by atoms with E-state index in [4.69, 9.17) is 11.6 Å². The van der Waals surface area contributed by atoms with Gasteiger partial charge in [0.05, 0.1) is 10.5 Å². The van der Waals surface area contributed by atoms with Gasteiger partial charge in [0.2, 0.25) is 0 Å². The molecule has 6 nitrogen and oxygen atoms in total. The summed E-state index contributed by atoms with van der Waals surface area (Å²) in [6, 6.07) is 1.13. The molecule has 1 heterocycles. The molecule has 1 amide bonds. The Morgan fingerprint density at radius 3 is 2.74 bits per heavy atom. The van der Waals surface area contributed by atoms with Crippen LogP contribution >= 0.6 is 11.6 Å². The van der Waals surface area contributed by atoms with Crippen LogP contribution < -0.4 is 5.32 Å². The summed E-state index contributed by atoms with van der Waals surface area (Å²) in [5, 5.41) is 13.3. The van der Waals surface area contributed by atoms with Gasteiger partial charge in [0.1, 0.15) is 11.3 Å². The first-order valence-corrected chi connectivity index (χ1v) is 6.23. The molecule has 1 aromatic heterocycles. The van der Waals surface area contributed by atoms with Crippen molar-refractivity contribution < 1.29 is 9.72 Å². The number of nitrogens with one attached hydrogen (secondary N) is 1. The van der Waals surface area contributed by atoms with Gasteiger partial charge < -0.3 is 5.32 Å². The lowest BCUT2D eigenvalue weighted by Crippen LogP contribution is -2.33. The largest absolute Gasteiger partial charge is 0.351 e. The van der Waals surface area contributed by atoms with Gasteiger partial charge in [0.25, 0.3) is 11.6 Å². The molecule has 1 N–H and O–H groups in total. The highest BCUT2D eigenvalue weighted by molar-refractivity contribution is 6.32. The third-order valence-electron chi connectivity index (χ3n) is 2.96. The highest BCUT2D eigenvalue weighted by Gasteiger charge is 2.20. The SMILES string of the molecule is CCC(C)(C)CNC(=O)c1cc([N+](=O)[O-])cnc1Cl. The van der Waals surface area contributed by atoms with Gasteiger partial charge >= 0.3 is 0 Å². The van der Waals surface area contributed by atoms with Crippen molar-refractivity contribution in [2.75, 3.05) is 6.54 Å². The van der Waals surface area contributed by atoms with Gasteiger partial charge in [-0.25, -0.2) is 4.98 Å². The Kier molecular flexibility index (Phi) is 4.83. The van der Waals surface area contributed by atoms with Crippen LogP contribution in [0.2, 0.25) is 5.15 Å². The van der Waals surface area contributed by atoms with Gasteiger partial charge in [-0.2, -0.15) is 0 Å². The molecule has 0 aliphatic carbocycles. The smallest absolute Gasteiger partial charge is 0.288 e. The summed E-state index contributed by atoms with van der Waals surface area (Å²) in [5.74, 6) is -0.456. The van der Waals surface area contributed by atoms with Crippen molar-refractivity contribution in [3.63, 3.8) is 0 Å². The average molecular weight is 286 g/mol. The number of nitro groups is 1. The van der Waals surface area contributed by atoms with E-state index in [0.717, 1.165) is 18.7 Å². The Labute approximate surface area is 116 Å². The van der Waals surface area contributed by atoms with E-state index in [9.17, 15) is 14.9 Å². The van der Waals surface area contributed by atoms with E-state index >= 15 is 0 Å². The monoisotopic (exact) mass is 285 g/mol. The number of nitrogens with zero attached hydrogens (tertiary/aromatic N) is 2. The molecule has 0 unspecified atom stereocenters. The molecular weight excluding hydrogens is 270 g/mol. The highest BCUT2D eigenvalue weighted by Crippen LogP contribution is 2.21. The number of carbonyl (C=O) groups is 1. The predicted octanol–water partition coefficient (Wildman–Crippen LogP) is 2.81. The molecule has 0 radical (unpaired) electrons. The number of rotatable bonds is 5. The first-order valence-electron chi connectivity index (χ1n) is 5.85. The van der Waals surface area contributed by atoms with E-state index in [1.54, 1.807) is 0 Å². The summed E-state index contributed by atoms with van der Waals surface area (Å²) in [4.78, 5) is 25.6. The molecule has 1 rings (SSSR count). The quantitative estimate of drug-likeness (QED) is 0.512. The molecule has 104 valence electrons. The lowest BCUT2D eigenvalue weighted by Gasteiger charge is -2.22. The van der Waals surface area contributed by atoms with Crippen LogP contribution in [0.4, 0.5) is 5.69 Å². The van der Waals surface area contributed by atoms with Crippen LogP contribution in [0.1, 0.15) is 37.6 Å². The fourth-order valence-electron chi connectivity index (χ4n) is 1.24. The molecule has 0 saturated heterocycles. The van der Waals surface area contributed by atoms with E-state index < -0.39 is 10.8 Å². The first-order chi connectivity index (χ1) is 8.76. The Balaban J connectivity index is 2.88. The zero-order valence-corrected chi connectivity index (χ0v) is 11.8. The van der Waals surface area contributed by atoms with E-state index in [-0.39, 0.29) is 21.8 Å². The second kappa shape index (κ2) is 5.97. The number of aromatic nitrogens is 1. The molecule has 0 saturated carbocycles. The standard InChI is InChI=1S/C12H16ClN3O3/c1-4-12(2,3)7-15-11(17)9-5-8(16(18)19)6-14-10(9)13/h5-6H,4,7H2,1-3H3,(H,15,17). The molecule has 7 heteroatoms. The Morgan fingerprint density at radius 2 is 2.21 bits per heavy atom. The second-order valence-electron chi connectivity index (χ2n) is 4.99. The Morgan fingerprint density at radius 1 is 1.58 bits per heavy atom. The fourth-order valence-corrected chi connectivity index (χ4v) is 1.43. The van der Waals surface area contributed by atoms with Crippen molar-refractivity contribution in [3.05, 3.63) is 33.1 Å². The second-order valence-corrected chi connectivity index (χ2v) is 5.35. The third kappa shape index (κ3) is 4.17. The van der Waals surface area contributed by atoms with Crippen LogP contribution in [-0.2, 0) is 0 Å². The Bertz CT molecular complexity index is 503. The third-order valence-corrected chi connectivity index (χ3v) is 3.27. The molecule has 0 aromatic carbocycles. The van der Waals surface area contributed by atoms with Crippen LogP contribution in [0.5, 0.6) is 0 Å². The van der Waals surface area contributed by atoms with Crippen molar-refractivity contribution in [1.29, 1.82) is 0 Å². The van der Waals surface area contributed by atoms with Crippen LogP contribution in [-0.4, -0.2) is 22.4 Å². The molecule has 0 fully saturated rings. The van der Waals surface area contributed by atoms with Crippen LogP contribution in [0.3, 0.4) is 0 Å². The van der Waals surface area contributed by atoms with E-state index in [1.807, 2.05) is 20.8 Å². The predicted molar refractivity (Wildman–Crippen MR) is 72.3 cm³/mol. The molecular formula is C12H16ClN3O3.